The molecule has 4 rings (SSSR count). The number of methoxy groups -OCH3 is 1. The number of carbonyl (C=O) groups is 1. The van der Waals surface area contributed by atoms with Gasteiger partial charge in [-0.15, -0.1) is 0 Å². The molecule has 1 aliphatic carbocycles. The molecule has 0 spiro atoms. The lowest BCUT2D eigenvalue weighted by Gasteiger charge is -2.13. The molecule has 3 aromatic rings. The van der Waals surface area contributed by atoms with E-state index in [1.165, 1.54) is 12.8 Å². The number of nitrogens with zero attached hydrogens (tertiary/aromatic N) is 2. The molecule has 1 aromatic heterocycles. The first kappa shape index (κ1) is 19.8. The number of nitrogens with one attached hydrogen (secondary N) is 2. The Bertz CT molecular complexity index is 1120. The standard InChI is InChI=1S/C24H26N4O2/c1-15(2)26-24(29)27-18-8-6-17(7-9-18)23-21(13-25)20-11-10-19(30-3)12-22(20)28(23)14-16-4-5-16/h6-12,15-16H,4-5,14H2,1-3H3,(H2,26,27,29). The Balaban J connectivity index is 1.75. The van der Waals surface area contributed by atoms with Gasteiger partial charge in [0.05, 0.1) is 23.9 Å². The summed E-state index contributed by atoms with van der Waals surface area (Å²) >= 11 is 0. The maximum absolute atomic E-state index is 12.0. The summed E-state index contributed by atoms with van der Waals surface area (Å²) in [5, 5.41) is 16.6. The fourth-order valence-corrected chi connectivity index (χ4v) is 3.76. The molecule has 0 radical (unpaired) electrons. The molecule has 2 N–H and O–H groups in total. The third-order valence-corrected chi connectivity index (χ3v) is 5.36. The average Bonchev–Trinajstić information content (AvgIpc) is 3.49. The van der Waals surface area contributed by atoms with E-state index in [9.17, 15) is 10.1 Å². The summed E-state index contributed by atoms with van der Waals surface area (Å²) < 4.78 is 7.68. The number of anilines is 1. The van der Waals surface area contributed by atoms with Crippen LogP contribution in [0, 0.1) is 17.2 Å². The Hall–Kier alpha value is -3.46. The normalized spacial score (nSPS) is 13.3. The zero-order valence-corrected chi connectivity index (χ0v) is 17.5. The second kappa shape index (κ2) is 8.11. The zero-order chi connectivity index (χ0) is 21.3. The number of hydrogen-bond acceptors (Lipinski definition) is 3. The molecule has 2 amide bonds. The third kappa shape index (κ3) is 3.97. The molecule has 1 heterocycles. The van der Waals surface area contributed by atoms with Crippen LogP contribution in [0.25, 0.3) is 22.2 Å². The number of carbonyl (C=O) groups excluding carboxylic acids is 1. The summed E-state index contributed by atoms with van der Waals surface area (Å²) in [5.74, 6) is 1.43. The van der Waals surface area contributed by atoms with Crippen LogP contribution in [0.3, 0.4) is 0 Å². The lowest BCUT2D eigenvalue weighted by Crippen LogP contribution is -2.34. The van der Waals surface area contributed by atoms with Crippen LogP contribution in [-0.2, 0) is 6.54 Å². The molecule has 6 nitrogen and oxygen atoms in total. The number of fused-ring (bicyclic) bond motifs is 1. The summed E-state index contributed by atoms with van der Waals surface area (Å²) in [7, 11) is 1.66. The number of amides is 2. The van der Waals surface area contributed by atoms with Gasteiger partial charge in [-0.05, 0) is 62.4 Å². The molecule has 1 aliphatic rings. The van der Waals surface area contributed by atoms with Crippen molar-refractivity contribution >= 4 is 22.6 Å². The number of urea groups is 1. The van der Waals surface area contributed by atoms with Crippen molar-refractivity contribution in [2.45, 2.75) is 39.3 Å². The zero-order valence-electron chi connectivity index (χ0n) is 17.5. The van der Waals surface area contributed by atoms with Gasteiger partial charge in [0, 0.05) is 29.7 Å². The van der Waals surface area contributed by atoms with Gasteiger partial charge in [-0.2, -0.15) is 5.26 Å². The molecule has 0 atom stereocenters. The van der Waals surface area contributed by atoms with Gasteiger partial charge in [-0.3, -0.25) is 0 Å². The number of nitriles is 1. The van der Waals surface area contributed by atoms with Gasteiger partial charge < -0.3 is 19.9 Å². The SMILES string of the molecule is COc1ccc2c(C#N)c(-c3ccc(NC(=O)NC(C)C)cc3)n(CC3CC3)c2c1. The summed E-state index contributed by atoms with van der Waals surface area (Å²) in [6.45, 7) is 4.72. The molecule has 154 valence electrons. The van der Waals surface area contributed by atoms with Gasteiger partial charge in [0.15, 0.2) is 0 Å². The summed E-state index contributed by atoms with van der Waals surface area (Å²) in [6.07, 6.45) is 2.44. The van der Waals surface area contributed by atoms with E-state index in [4.69, 9.17) is 4.74 Å². The lowest BCUT2D eigenvalue weighted by atomic mass is 10.1. The first-order valence-corrected chi connectivity index (χ1v) is 10.3. The second-order valence-corrected chi connectivity index (χ2v) is 8.10. The Morgan fingerprint density at radius 3 is 2.57 bits per heavy atom. The van der Waals surface area contributed by atoms with Crippen LogP contribution in [0.5, 0.6) is 5.75 Å². The molecule has 6 heteroatoms. The molecule has 1 fully saturated rings. The highest BCUT2D eigenvalue weighted by Crippen LogP contribution is 2.39. The molecule has 0 aliphatic heterocycles. The number of aromatic nitrogens is 1. The van der Waals surface area contributed by atoms with Crippen molar-refractivity contribution in [3.63, 3.8) is 0 Å². The molecule has 0 unspecified atom stereocenters. The first-order chi connectivity index (χ1) is 14.5. The van der Waals surface area contributed by atoms with Crippen molar-refractivity contribution in [1.82, 2.24) is 9.88 Å². The number of rotatable bonds is 6. The fraction of sp³-hybridized carbons (Fsp3) is 0.333. The highest BCUT2D eigenvalue weighted by atomic mass is 16.5. The van der Waals surface area contributed by atoms with E-state index in [0.29, 0.717) is 17.2 Å². The Labute approximate surface area is 176 Å². The minimum atomic E-state index is -0.231. The van der Waals surface area contributed by atoms with E-state index < -0.39 is 0 Å². The molecule has 0 bridgehead atoms. The van der Waals surface area contributed by atoms with Crippen LogP contribution in [0.1, 0.15) is 32.3 Å². The Kier molecular flexibility index (Phi) is 5.37. The maximum Gasteiger partial charge on any atom is 0.319 e. The van der Waals surface area contributed by atoms with Crippen molar-refractivity contribution in [2.24, 2.45) is 5.92 Å². The summed E-state index contributed by atoms with van der Waals surface area (Å²) in [6, 6.07) is 15.8. The Morgan fingerprint density at radius 2 is 1.97 bits per heavy atom. The summed E-state index contributed by atoms with van der Waals surface area (Å²) in [5.41, 5.74) is 4.28. The van der Waals surface area contributed by atoms with E-state index in [0.717, 1.165) is 34.5 Å². The van der Waals surface area contributed by atoms with Crippen LogP contribution in [0.2, 0.25) is 0 Å². The van der Waals surface area contributed by atoms with Gasteiger partial charge in [-0.1, -0.05) is 12.1 Å². The quantitative estimate of drug-likeness (QED) is 0.600. The van der Waals surface area contributed by atoms with Gasteiger partial charge >= 0.3 is 6.03 Å². The van der Waals surface area contributed by atoms with Crippen LogP contribution in [-0.4, -0.2) is 23.7 Å². The monoisotopic (exact) mass is 402 g/mol. The molecule has 30 heavy (non-hydrogen) atoms. The molecular formula is C24H26N4O2. The van der Waals surface area contributed by atoms with Crippen molar-refractivity contribution in [3.8, 4) is 23.1 Å². The number of ether oxygens (including phenoxy) is 1. The van der Waals surface area contributed by atoms with E-state index in [2.05, 4.69) is 21.3 Å². The minimum Gasteiger partial charge on any atom is -0.497 e. The number of benzene rings is 2. The van der Waals surface area contributed by atoms with E-state index >= 15 is 0 Å². The highest BCUT2D eigenvalue weighted by molar-refractivity contribution is 5.96. The van der Waals surface area contributed by atoms with E-state index in [1.54, 1.807) is 7.11 Å². The minimum absolute atomic E-state index is 0.0672. The van der Waals surface area contributed by atoms with Crippen molar-refractivity contribution in [2.75, 3.05) is 12.4 Å². The fourth-order valence-electron chi connectivity index (χ4n) is 3.76. The van der Waals surface area contributed by atoms with E-state index in [1.807, 2.05) is 56.3 Å². The maximum atomic E-state index is 12.0. The molecule has 0 saturated heterocycles. The Morgan fingerprint density at radius 1 is 1.23 bits per heavy atom. The van der Waals surface area contributed by atoms with Crippen LogP contribution in [0.4, 0.5) is 10.5 Å². The molecular weight excluding hydrogens is 376 g/mol. The second-order valence-electron chi connectivity index (χ2n) is 8.10. The first-order valence-electron chi connectivity index (χ1n) is 10.3. The van der Waals surface area contributed by atoms with Crippen LogP contribution >= 0.6 is 0 Å². The van der Waals surface area contributed by atoms with Crippen molar-refractivity contribution < 1.29 is 9.53 Å². The van der Waals surface area contributed by atoms with Gasteiger partial charge in [0.1, 0.15) is 11.8 Å². The van der Waals surface area contributed by atoms with Crippen LogP contribution in [0.15, 0.2) is 42.5 Å². The predicted octanol–water partition coefficient (Wildman–Crippen LogP) is 5.13. The van der Waals surface area contributed by atoms with Gasteiger partial charge in [0.25, 0.3) is 0 Å². The van der Waals surface area contributed by atoms with Crippen LogP contribution < -0.4 is 15.4 Å². The number of hydrogen-bond donors (Lipinski definition) is 2. The largest absolute Gasteiger partial charge is 0.497 e. The van der Waals surface area contributed by atoms with Crippen molar-refractivity contribution in [1.29, 1.82) is 5.26 Å². The predicted molar refractivity (Wildman–Crippen MR) is 119 cm³/mol. The summed E-state index contributed by atoms with van der Waals surface area (Å²) in [4.78, 5) is 12.0. The average molecular weight is 402 g/mol. The molecule has 1 saturated carbocycles. The third-order valence-electron chi connectivity index (χ3n) is 5.36. The van der Waals surface area contributed by atoms with Gasteiger partial charge in [0.2, 0.25) is 0 Å². The lowest BCUT2D eigenvalue weighted by molar-refractivity contribution is 0.250. The van der Waals surface area contributed by atoms with Crippen molar-refractivity contribution in [3.05, 3.63) is 48.0 Å². The highest BCUT2D eigenvalue weighted by Gasteiger charge is 2.26. The topological polar surface area (TPSA) is 79.1 Å². The van der Waals surface area contributed by atoms with Gasteiger partial charge in [-0.25, -0.2) is 4.79 Å². The molecule has 2 aromatic carbocycles. The van der Waals surface area contributed by atoms with E-state index in [-0.39, 0.29) is 12.1 Å². The smallest absolute Gasteiger partial charge is 0.319 e.